The molecular weight excluding hydrogens is 328 g/mol. The Bertz CT molecular complexity index is 799. The topological polar surface area (TPSA) is 67.8 Å². The van der Waals surface area contributed by atoms with E-state index in [4.69, 9.17) is 11.6 Å². The maximum atomic E-state index is 12.0. The number of halogens is 1. The molecule has 0 radical (unpaired) electrons. The van der Waals surface area contributed by atoms with Crippen LogP contribution in [0.15, 0.2) is 30.5 Å². The van der Waals surface area contributed by atoms with Gasteiger partial charge in [0.2, 0.25) is 5.13 Å². The van der Waals surface area contributed by atoms with Crippen LogP contribution in [0, 0.1) is 6.92 Å². The largest absolute Gasteiger partial charge is 0.296 e. The molecule has 106 valence electrons. The Labute approximate surface area is 133 Å². The molecule has 2 aromatic heterocycles. The van der Waals surface area contributed by atoms with Gasteiger partial charge in [-0.1, -0.05) is 41.1 Å². The molecule has 3 aromatic rings. The molecule has 3 rings (SSSR count). The van der Waals surface area contributed by atoms with E-state index >= 15 is 0 Å². The summed E-state index contributed by atoms with van der Waals surface area (Å²) in [6, 6.07) is 7.38. The third kappa shape index (κ3) is 3.10. The van der Waals surface area contributed by atoms with Crippen LogP contribution >= 0.6 is 34.3 Å². The summed E-state index contributed by atoms with van der Waals surface area (Å²) in [6.45, 7) is 1.85. The number of aryl methyl sites for hydroxylation is 1. The van der Waals surface area contributed by atoms with Crippen LogP contribution in [0.5, 0.6) is 0 Å². The normalized spacial score (nSPS) is 10.6. The fourth-order valence-corrected chi connectivity index (χ4v) is 3.37. The van der Waals surface area contributed by atoms with Gasteiger partial charge in [-0.05, 0) is 13.0 Å². The SMILES string of the molecule is Cc1ncc(C(=O)Nc2nnc(-c3ccccc3Cl)s2)s1. The van der Waals surface area contributed by atoms with E-state index in [-0.39, 0.29) is 5.91 Å². The molecule has 21 heavy (non-hydrogen) atoms. The molecule has 0 saturated carbocycles. The molecule has 2 heterocycles. The number of hydrogen-bond acceptors (Lipinski definition) is 6. The Morgan fingerprint density at radius 1 is 1.24 bits per heavy atom. The summed E-state index contributed by atoms with van der Waals surface area (Å²) >= 11 is 8.73. The van der Waals surface area contributed by atoms with Gasteiger partial charge in [-0.3, -0.25) is 10.1 Å². The van der Waals surface area contributed by atoms with Gasteiger partial charge in [0.1, 0.15) is 4.88 Å². The highest BCUT2D eigenvalue weighted by atomic mass is 35.5. The van der Waals surface area contributed by atoms with Gasteiger partial charge in [-0.15, -0.1) is 21.5 Å². The van der Waals surface area contributed by atoms with E-state index in [1.165, 1.54) is 22.7 Å². The van der Waals surface area contributed by atoms with Gasteiger partial charge in [0.25, 0.3) is 5.91 Å². The number of nitrogens with one attached hydrogen (secondary N) is 1. The molecule has 0 aliphatic heterocycles. The molecule has 0 saturated heterocycles. The molecule has 0 spiro atoms. The Morgan fingerprint density at radius 2 is 2.05 bits per heavy atom. The lowest BCUT2D eigenvalue weighted by molar-refractivity contribution is 0.103. The molecule has 1 N–H and O–H groups in total. The number of carbonyl (C=O) groups is 1. The predicted molar refractivity (Wildman–Crippen MR) is 85.2 cm³/mol. The Hall–Kier alpha value is -1.83. The lowest BCUT2D eigenvalue weighted by atomic mass is 10.2. The summed E-state index contributed by atoms with van der Waals surface area (Å²) in [5, 5.41) is 13.3. The molecule has 8 heteroatoms. The van der Waals surface area contributed by atoms with Crippen LogP contribution in [-0.2, 0) is 0 Å². The van der Waals surface area contributed by atoms with E-state index in [1.807, 2.05) is 25.1 Å². The predicted octanol–water partition coefficient (Wildman–Crippen LogP) is 3.88. The molecule has 0 atom stereocenters. The van der Waals surface area contributed by atoms with Crippen molar-refractivity contribution in [1.29, 1.82) is 0 Å². The fraction of sp³-hybridized carbons (Fsp3) is 0.0769. The van der Waals surface area contributed by atoms with Gasteiger partial charge in [-0.25, -0.2) is 4.98 Å². The number of rotatable bonds is 3. The molecule has 0 aliphatic carbocycles. The maximum Gasteiger partial charge on any atom is 0.269 e. The lowest BCUT2D eigenvalue weighted by Crippen LogP contribution is -2.09. The Balaban J connectivity index is 1.80. The summed E-state index contributed by atoms with van der Waals surface area (Å²) in [5.74, 6) is -0.234. The van der Waals surface area contributed by atoms with Crippen molar-refractivity contribution in [2.75, 3.05) is 5.32 Å². The second kappa shape index (κ2) is 5.88. The average Bonchev–Trinajstić information content (AvgIpc) is 3.08. The van der Waals surface area contributed by atoms with Gasteiger partial charge in [0.15, 0.2) is 5.01 Å². The summed E-state index contributed by atoms with van der Waals surface area (Å²) in [5.41, 5.74) is 0.797. The van der Waals surface area contributed by atoms with E-state index in [1.54, 1.807) is 12.3 Å². The Morgan fingerprint density at radius 3 is 2.76 bits per heavy atom. The second-order valence-electron chi connectivity index (χ2n) is 4.09. The van der Waals surface area contributed by atoms with Crippen LogP contribution in [0.2, 0.25) is 5.02 Å². The number of aromatic nitrogens is 3. The van der Waals surface area contributed by atoms with Crippen molar-refractivity contribution < 1.29 is 4.79 Å². The number of nitrogens with zero attached hydrogens (tertiary/aromatic N) is 3. The van der Waals surface area contributed by atoms with Crippen LogP contribution in [0.4, 0.5) is 5.13 Å². The lowest BCUT2D eigenvalue weighted by Gasteiger charge is -1.97. The third-order valence-electron chi connectivity index (χ3n) is 2.59. The minimum Gasteiger partial charge on any atom is -0.296 e. The number of anilines is 1. The zero-order valence-electron chi connectivity index (χ0n) is 10.8. The molecule has 0 unspecified atom stereocenters. The van der Waals surface area contributed by atoms with Crippen molar-refractivity contribution in [3.05, 3.63) is 45.4 Å². The van der Waals surface area contributed by atoms with Crippen molar-refractivity contribution in [2.45, 2.75) is 6.92 Å². The van der Waals surface area contributed by atoms with E-state index in [9.17, 15) is 4.79 Å². The van der Waals surface area contributed by atoms with Crippen LogP contribution in [-0.4, -0.2) is 21.1 Å². The molecule has 0 aliphatic rings. The van der Waals surface area contributed by atoms with Crippen LogP contribution in [0.25, 0.3) is 10.6 Å². The monoisotopic (exact) mass is 336 g/mol. The number of hydrogen-bond donors (Lipinski definition) is 1. The highest BCUT2D eigenvalue weighted by Crippen LogP contribution is 2.31. The van der Waals surface area contributed by atoms with Crippen LogP contribution < -0.4 is 5.32 Å². The minimum atomic E-state index is -0.234. The van der Waals surface area contributed by atoms with E-state index in [0.29, 0.717) is 20.0 Å². The minimum absolute atomic E-state index is 0.234. The van der Waals surface area contributed by atoms with Gasteiger partial charge < -0.3 is 0 Å². The second-order valence-corrected chi connectivity index (χ2v) is 6.71. The zero-order valence-corrected chi connectivity index (χ0v) is 13.2. The smallest absolute Gasteiger partial charge is 0.269 e. The molecule has 0 fully saturated rings. The van der Waals surface area contributed by atoms with Crippen molar-refractivity contribution in [3.8, 4) is 10.6 Å². The highest BCUT2D eigenvalue weighted by molar-refractivity contribution is 7.19. The molecule has 1 aromatic carbocycles. The van der Waals surface area contributed by atoms with Crippen LogP contribution in [0.1, 0.15) is 14.7 Å². The molecule has 0 bridgehead atoms. The maximum absolute atomic E-state index is 12.0. The molecule has 1 amide bonds. The quantitative estimate of drug-likeness (QED) is 0.788. The van der Waals surface area contributed by atoms with E-state index in [2.05, 4.69) is 20.5 Å². The zero-order chi connectivity index (χ0) is 14.8. The summed E-state index contributed by atoms with van der Waals surface area (Å²) in [6.07, 6.45) is 1.55. The first-order valence-electron chi connectivity index (χ1n) is 5.95. The van der Waals surface area contributed by atoms with Crippen LogP contribution in [0.3, 0.4) is 0 Å². The van der Waals surface area contributed by atoms with E-state index < -0.39 is 0 Å². The molecular formula is C13H9ClN4OS2. The summed E-state index contributed by atoms with van der Waals surface area (Å²) < 4.78 is 0. The fourth-order valence-electron chi connectivity index (χ4n) is 1.64. The Kier molecular flexibility index (Phi) is 3.96. The van der Waals surface area contributed by atoms with E-state index in [0.717, 1.165) is 10.6 Å². The summed E-state index contributed by atoms with van der Waals surface area (Å²) in [4.78, 5) is 16.6. The first-order valence-corrected chi connectivity index (χ1v) is 7.97. The average molecular weight is 337 g/mol. The molecule has 5 nitrogen and oxygen atoms in total. The number of benzene rings is 1. The highest BCUT2D eigenvalue weighted by Gasteiger charge is 2.14. The van der Waals surface area contributed by atoms with Gasteiger partial charge in [0, 0.05) is 5.56 Å². The van der Waals surface area contributed by atoms with Crippen molar-refractivity contribution in [3.63, 3.8) is 0 Å². The van der Waals surface area contributed by atoms with Crippen molar-refractivity contribution in [1.82, 2.24) is 15.2 Å². The van der Waals surface area contributed by atoms with Crippen molar-refractivity contribution in [2.24, 2.45) is 0 Å². The number of thiazole rings is 1. The summed E-state index contributed by atoms with van der Waals surface area (Å²) in [7, 11) is 0. The van der Waals surface area contributed by atoms with Gasteiger partial charge >= 0.3 is 0 Å². The van der Waals surface area contributed by atoms with Gasteiger partial charge in [0.05, 0.1) is 16.2 Å². The first kappa shape index (κ1) is 14.1. The number of carbonyl (C=O) groups excluding carboxylic acids is 1. The third-order valence-corrected chi connectivity index (χ3v) is 4.71. The van der Waals surface area contributed by atoms with Gasteiger partial charge in [-0.2, -0.15) is 0 Å². The number of amides is 1. The van der Waals surface area contributed by atoms with Crippen molar-refractivity contribution >= 4 is 45.3 Å². The standard InChI is InChI=1S/C13H9ClN4OS2/c1-7-15-6-10(20-7)11(19)16-13-18-17-12(21-13)8-4-2-3-5-9(8)14/h2-6H,1H3,(H,16,18,19). The first-order chi connectivity index (χ1) is 10.1.